The van der Waals surface area contributed by atoms with Gasteiger partial charge in [0.15, 0.2) is 0 Å². The van der Waals surface area contributed by atoms with Gasteiger partial charge < -0.3 is 16.0 Å². The summed E-state index contributed by atoms with van der Waals surface area (Å²) >= 11 is 12.1. The molecule has 0 fully saturated rings. The molecule has 4 aromatic rings. The van der Waals surface area contributed by atoms with Gasteiger partial charge in [-0.1, -0.05) is 34.4 Å². The van der Waals surface area contributed by atoms with E-state index in [-0.39, 0.29) is 22.8 Å². The number of nitrogen functional groups attached to an aromatic ring is 1. The molecular formula is C24H20Cl2F3N7O3. The van der Waals surface area contributed by atoms with E-state index in [9.17, 15) is 22.8 Å². The summed E-state index contributed by atoms with van der Waals surface area (Å²) in [4.78, 5) is 29.0. The molecule has 0 spiro atoms. The van der Waals surface area contributed by atoms with Crippen LogP contribution in [-0.2, 0) is 4.79 Å². The van der Waals surface area contributed by atoms with Gasteiger partial charge >= 0.3 is 6.18 Å². The van der Waals surface area contributed by atoms with E-state index < -0.39 is 35.8 Å². The zero-order valence-electron chi connectivity index (χ0n) is 20.3. The fraction of sp³-hybridized carbons (Fsp3) is 0.208. The zero-order chi connectivity index (χ0) is 28.6. The molecule has 3 heterocycles. The smallest absolute Gasteiger partial charge is 0.383 e. The van der Waals surface area contributed by atoms with Crippen molar-refractivity contribution in [3.05, 3.63) is 63.8 Å². The number of nitrogens with zero attached hydrogens (tertiary/aromatic N) is 4. The quantitative estimate of drug-likeness (QED) is 0.262. The van der Waals surface area contributed by atoms with Crippen LogP contribution in [-0.4, -0.2) is 37.9 Å². The number of primary amides is 1. The fourth-order valence-electron chi connectivity index (χ4n) is 3.64. The van der Waals surface area contributed by atoms with Crippen LogP contribution in [0.15, 0.2) is 47.1 Å². The van der Waals surface area contributed by atoms with Crippen LogP contribution in [0.4, 0.5) is 24.9 Å². The van der Waals surface area contributed by atoms with Gasteiger partial charge in [0.1, 0.15) is 28.8 Å². The van der Waals surface area contributed by atoms with Gasteiger partial charge in [-0.05, 0) is 43.7 Å². The monoisotopic (exact) mass is 581 g/mol. The van der Waals surface area contributed by atoms with Crippen molar-refractivity contribution < 1.29 is 27.3 Å². The first-order valence-corrected chi connectivity index (χ1v) is 12.0. The Morgan fingerprint density at radius 1 is 1.10 bits per heavy atom. The van der Waals surface area contributed by atoms with E-state index in [0.717, 1.165) is 6.92 Å². The number of aromatic nitrogens is 4. The average Bonchev–Trinajstić information content (AvgIpc) is 3.46. The molecule has 1 aromatic carbocycles. The minimum absolute atomic E-state index is 0.0414. The number of nitrogens with one attached hydrogen (secondary N) is 1. The van der Waals surface area contributed by atoms with Gasteiger partial charge in [-0.15, -0.1) is 0 Å². The lowest BCUT2D eigenvalue weighted by Crippen LogP contribution is -2.26. The number of pyridine rings is 1. The molecule has 0 saturated carbocycles. The van der Waals surface area contributed by atoms with Gasteiger partial charge in [0, 0.05) is 22.8 Å². The molecule has 204 valence electrons. The molecule has 0 aliphatic carbocycles. The molecule has 15 heteroatoms. The van der Waals surface area contributed by atoms with E-state index in [1.807, 2.05) is 0 Å². The van der Waals surface area contributed by atoms with Crippen LogP contribution in [0.5, 0.6) is 0 Å². The summed E-state index contributed by atoms with van der Waals surface area (Å²) in [6.45, 7) is 2.45. The number of carbonyl (C=O) groups is 2. The third kappa shape index (κ3) is 5.68. The summed E-state index contributed by atoms with van der Waals surface area (Å²) in [5.74, 6) is -2.72. The molecule has 5 N–H and O–H groups in total. The number of anilines is 2. The molecule has 2 atom stereocenters. The van der Waals surface area contributed by atoms with Crippen molar-refractivity contribution >= 4 is 46.7 Å². The first-order chi connectivity index (χ1) is 18.3. The number of hydrogen-bond acceptors (Lipinski definition) is 7. The normalized spacial score (nSPS) is 13.2. The second-order valence-electron chi connectivity index (χ2n) is 8.52. The third-order valence-electron chi connectivity index (χ3n) is 5.92. The van der Waals surface area contributed by atoms with Crippen LogP contribution in [0.25, 0.3) is 22.6 Å². The first kappa shape index (κ1) is 27.9. The SMILES string of the molecule is CC(C(=O)Nc1cc(-c2ccc(Cl)cc2Cl)no1)c1ccc(-c2nn(C(C)C(F)(F)F)c(N)c2C(N)=O)nc1. The van der Waals surface area contributed by atoms with Crippen molar-refractivity contribution in [1.82, 2.24) is 19.9 Å². The van der Waals surface area contributed by atoms with Gasteiger partial charge in [0.25, 0.3) is 5.91 Å². The molecule has 0 saturated heterocycles. The minimum Gasteiger partial charge on any atom is -0.383 e. The number of alkyl halides is 3. The van der Waals surface area contributed by atoms with Gasteiger partial charge in [-0.3, -0.25) is 19.9 Å². The predicted octanol–water partition coefficient (Wildman–Crippen LogP) is 5.45. The molecule has 2 amide bonds. The van der Waals surface area contributed by atoms with E-state index >= 15 is 0 Å². The molecule has 0 bridgehead atoms. The van der Waals surface area contributed by atoms with Crippen LogP contribution in [0, 0.1) is 0 Å². The van der Waals surface area contributed by atoms with Crippen LogP contribution < -0.4 is 16.8 Å². The van der Waals surface area contributed by atoms with Gasteiger partial charge in [-0.2, -0.15) is 18.3 Å². The zero-order valence-corrected chi connectivity index (χ0v) is 21.8. The minimum atomic E-state index is -4.67. The van der Waals surface area contributed by atoms with Crippen molar-refractivity contribution in [2.24, 2.45) is 5.73 Å². The molecular weight excluding hydrogens is 562 g/mol. The Morgan fingerprint density at radius 2 is 1.82 bits per heavy atom. The number of hydrogen-bond donors (Lipinski definition) is 3. The van der Waals surface area contributed by atoms with Crippen molar-refractivity contribution in [3.8, 4) is 22.6 Å². The topological polar surface area (TPSA) is 155 Å². The maximum atomic E-state index is 13.2. The summed E-state index contributed by atoms with van der Waals surface area (Å²) in [5.41, 5.74) is 12.0. The number of amides is 2. The molecule has 0 radical (unpaired) electrons. The van der Waals surface area contributed by atoms with E-state index in [1.54, 1.807) is 25.1 Å². The molecule has 4 rings (SSSR count). The Hall–Kier alpha value is -4.10. The molecule has 39 heavy (non-hydrogen) atoms. The maximum absolute atomic E-state index is 13.2. The molecule has 0 aliphatic heterocycles. The van der Waals surface area contributed by atoms with Crippen molar-refractivity contribution in [2.45, 2.75) is 32.0 Å². The average molecular weight is 582 g/mol. The summed E-state index contributed by atoms with van der Waals surface area (Å²) in [6.07, 6.45) is -3.34. The van der Waals surface area contributed by atoms with Crippen LogP contribution >= 0.6 is 23.2 Å². The Bertz CT molecular complexity index is 1550. The second kappa shape index (κ2) is 10.6. The molecule has 0 aliphatic rings. The highest BCUT2D eigenvalue weighted by atomic mass is 35.5. The number of rotatable bonds is 7. The van der Waals surface area contributed by atoms with Crippen LogP contribution in [0.1, 0.15) is 41.7 Å². The summed E-state index contributed by atoms with van der Waals surface area (Å²) in [6, 6.07) is 7.13. The van der Waals surface area contributed by atoms with E-state index in [4.69, 9.17) is 39.2 Å². The predicted molar refractivity (Wildman–Crippen MR) is 138 cm³/mol. The first-order valence-electron chi connectivity index (χ1n) is 11.2. The molecule has 10 nitrogen and oxygen atoms in total. The second-order valence-corrected chi connectivity index (χ2v) is 9.37. The third-order valence-corrected chi connectivity index (χ3v) is 6.47. The van der Waals surface area contributed by atoms with Gasteiger partial charge in [0.2, 0.25) is 11.8 Å². The molecule has 2 unspecified atom stereocenters. The standard InChI is InChI=1S/C24H20Cl2F3N7O3/c1-10(23(38)33-18-8-17(35-39-18)14-5-4-13(25)7-15(14)26)12-3-6-16(32-9-12)20-19(22(31)37)21(30)36(34-20)11(2)24(27,28)29/h3-11H,30H2,1-2H3,(H2,31,37)(H,33,38). The van der Waals surface area contributed by atoms with E-state index in [0.29, 0.717) is 31.5 Å². The number of halogens is 5. The maximum Gasteiger partial charge on any atom is 0.410 e. The van der Waals surface area contributed by atoms with Crippen LogP contribution in [0.3, 0.4) is 0 Å². The van der Waals surface area contributed by atoms with E-state index in [1.165, 1.54) is 24.4 Å². The highest BCUT2D eigenvalue weighted by molar-refractivity contribution is 6.36. The van der Waals surface area contributed by atoms with Gasteiger partial charge in [-0.25, -0.2) is 4.68 Å². The fourth-order valence-corrected chi connectivity index (χ4v) is 4.15. The molecule has 3 aromatic heterocycles. The highest BCUT2D eigenvalue weighted by Crippen LogP contribution is 2.35. The van der Waals surface area contributed by atoms with Crippen molar-refractivity contribution in [3.63, 3.8) is 0 Å². The Kier molecular flexibility index (Phi) is 7.57. The Labute approximate surface area is 229 Å². The lowest BCUT2D eigenvalue weighted by atomic mass is 10.0. The Morgan fingerprint density at radius 3 is 2.41 bits per heavy atom. The summed E-state index contributed by atoms with van der Waals surface area (Å²) < 4.78 is 45.4. The van der Waals surface area contributed by atoms with E-state index in [2.05, 4.69) is 20.6 Å². The number of benzene rings is 1. The number of carbonyl (C=O) groups excluding carboxylic acids is 2. The van der Waals surface area contributed by atoms with Crippen LogP contribution in [0.2, 0.25) is 10.0 Å². The van der Waals surface area contributed by atoms with Crippen molar-refractivity contribution in [2.75, 3.05) is 11.1 Å². The largest absolute Gasteiger partial charge is 0.410 e. The summed E-state index contributed by atoms with van der Waals surface area (Å²) in [5, 5.41) is 11.2. The Balaban J connectivity index is 1.53. The van der Waals surface area contributed by atoms with Gasteiger partial charge in [0.05, 0.1) is 16.6 Å². The van der Waals surface area contributed by atoms with Crippen molar-refractivity contribution in [1.29, 1.82) is 0 Å². The number of nitrogens with two attached hydrogens (primary N) is 2. The lowest BCUT2D eigenvalue weighted by molar-refractivity contribution is -0.164. The highest BCUT2D eigenvalue weighted by Gasteiger charge is 2.40. The lowest BCUT2D eigenvalue weighted by Gasteiger charge is -2.17. The summed E-state index contributed by atoms with van der Waals surface area (Å²) in [7, 11) is 0.